The number of hydrogen-bond donors (Lipinski definition) is 1. The quantitative estimate of drug-likeness (QED) is 0.357. The lowest BCUT2D eigenvalue weighted by molar-refractivity contribution is -0.130. The Kier molecular flexibility index (Phi) is 7.30. The van der Waals surface area contributed by atoms with Gasteiger partial charge < -0.3 is 25.1 Å². The van der Waals surface area contributed by atoms with Gasteiger partial charge in [-0.3, -0.25) is 14.6 Å². The molecule has 0 aliphatic heterocycles. The van der Waals surface area contributed by atoms with Crippen LogP contribution in [0.15, 0.2) is 22.4 Å². The smallest absolute Gasteiger partial charge is 0.259 e. The summed E-state index contributed by atoms with van der Waals surface area (Å²) in [5, 5.41) is 3.71. The summed E-state index contributed by atoms with van der Waals surface area (Å²) in [4.78, 5) is 34.6. The predicted molar refractivity (Wildman–Crippen MR) is 105 cm³/mol. The molecule has 0 radical (unpaired) electrons. The molecule has 1 heterocycles. The van der Waals surface area contributed by atoms with Crippen molar-refractivity contribution in [2.75, 3.05) is 41.3 Å². The number of ether oxygens (including phenoxy) is 2. The van der Waals surface area contributed by atoms with E-state index in [-0.39, 0.29) is 36.8 Å². The Hall–Kier alpha value is -3.17. The minimum Gasteiger partial charge on any atom is -0.488 e. The molecule has 1 aromatic heterocycles. The van der Waals surface area contributed by atoms with Crippen LogP contribution in [0.3, 0.4) is 0 Å². The highest BCUT2D eigenvalue weighted by atomic mass is 16.5. The molecule has 1 saturated carbocycles. The van der Waals surface area contributed by atoms with Gasteiger partial charge in [-0.1, -0.05) is 0 Å². The fraction of sp³-hybridized carbons (Fsp3) is 0.500. The van der Waals surface area contributed by atoms with Crippen molar-refractivity contribution >= 4 is 23.7 Å². The molecule has 10 nitrogen and oxygen atoms in total. The molecule has 2 amide bonds. The number of hydrogen-bond acceptors (Lipinski definition) is 8. The van der Waals surface area contributed by atoms with Gasteiger partial charge in [-0.05, 0) is 12.8 Å². The number of nitrogens with zero attached hydrogens (tertiary/aromatic N) is 5. The lowest BCUT2D eigenvalue weighted by Gasteiger charge is -2.14. The van der Waals surface area contributed by atoms with Crippen molar-refractivity contribution in [2.24, 2.45) is 15.9 Å². The van der Waals surface area contributed by atoms with Crippen LogP contribution in [0.25, 0.3) is 0 Å². The van der Waals surface area contributed by atoms with E-state index in [1.165, 1.54) is 22.2 Å². The highest BCUT2D eigenvalue weighted by Crippen LogP contribution is 2.31. The maximum absolute atomic E-state index is 11.7. The standard InChI is InChI=1S/C18H26N6O4/c1-23(2)16(25)10-20-9-14(22-19)18-15(28-12-5-6-12)7-13(8-21-18)27-11-17(26)24(3)4/h7-9,12H,5-6,10-11,19H2,1-4H3/b20-9?,22-14+. The molecule has 152 valence electrons. The first-order valence-corrected chi connectivity index (χ1v) is 8.79. The summed E-state index contributed by atoms with van der Waals surface area (Å²) in [6, 6.07) is 1.65. The Morgan fingerprint density at radius 1 is 1.25 bits per heavy atom. The lowest BCUT2D eigenvalue weighted by Crippen LogP contribution is -2.27. The van der Waals surface area contributed by atoms with E-state index in [9.17, 15) is 9.59 Å². The zero-order valence-electron chi connectivity index (χ0n) is 16.6. The molecule has 1 fully saturated rings. The first kappa shape index (κ1) is 21.1. The van der Waals surface area contributed by atoms with Gasteiger partial charge in [-0.15, -0.1) is 0 Å². The monoisotopic (exact) mass is 390 g/mol. The van der Waals surface area contributed by atoms with Crippen LogP contribution in [0.1, 0.15) is 18.5 Å². The van der Waals surface area contributed by atoms with E-state index in [1.54, 1.807) is 34.3 Å². The topological polar surface area (TPSA) is 123 Å². The Balaban J connectivity index is 2.17. The normalized spacial score (nSPS) is 14.1. The fourth-order valence-corrected chi connectivity index (χ4v) is 1.93. The number of pyridine rings is 1. The highest BCUT2D eigenvalue weighted by Gasteiger charge is 2.26. The number of carbonyl (C=O) groups excluding carboxylic acids is 2. The molecule has 2 N–H and O–H groups in total. The number of carbonyl (C=O) groups is 2. The Morgan fingerprint density at radius 3 is 2.50 bits per heavy atom. The molecule has 0 spiro atoms. The molecule has 0 saturated heterocycles. The van der Waals surface area contributed by atoms with Crippen molar-refractivity contribution in [3.05, 3.63) is 18.0 Å². The van der Waals surface area contributed by atoms with Gasteiger partial charge in [0.1, 0.15) is 23.7 Å². The number of amides is 2. The number of aromatic nitrogens is 1. The van der Waals surface area contributed by atoms with Crippen molar-refractivity contribution in [3.8, 4) is 11.5 Å². The van der Waals surface area contributed by atoms with E-state index >= 15 is 0 Å². The molecular weight excluding hydrogens is 364 g/mol. The number of hydrazone groups is 1. The van der Waals surface area contributed by atoms with Gasteiger partial charge in [0.15, 0.2) is 12.4 Å². The predicted octanol–water partition coefficient (Wildman–Crippen LogP) is -0.0884. The van der Waals surface area contributed by atoms with E-state index in [1.807, 2.05) is 0 Å². The summed E-state index contributed by atoms with van der Waals surface area (Å²) < 4.78 is 11.4. The third kappa shape index (κ3) is 6.22. The van der Waals surface area contributed by atoms with Crippen molar-refractivity contribution in [1.82, 2.24) is 14.8 Å². The second kappa shape index (κ2) is 9.67. The zero-order valence-corrected chi connectivity index (χ0v) is 16.6. The summed E-state index contributed by atoms with van der Waals surface area (Å²) in [6.45, 7) is -0.137. The average molecular weight is 390 g/mol. The van der Waals surface area contributed by atoms with E-state index in [4.69, 9.17) is 15.3 Å². The van der Waals surface area contributed by atoms with Crippen LogP contribution in [0.2, 0.25) is 0 Å². The van der Waals surface area contributed by atoms with Gasteiger partial charge in [0.25, 0.3) is 5.91 Å². The maximum atomic E-state index is 11.7. The van der Waals surface area contributed by atoms with E-state index < -0.39 is 0 Å². The Labute approximate surface area is 164 Å². The largest absolute Gasteiger partial charge is 0.488 e. The zero-order chi connectivity index (χ0) is 20.7. The van der Waals surface area contributed by atoms with Crippen molar-refractivity contribution in [2.45, 2.75) is 18.9 Å². The molecule has 1 aromatic rings. The minimum atomic E-state index is -0.171. The molecule has 0 bridgehead atoms. The summed E-state index contributed by atoms with van der Waals surface area (Å²) >= 11 is 0. The number of aliphatic imine (C=N–C) groups is 1. The third-order valence-electron chi connectivity index (χ3n) is 3.83. The van der Waals surface area contributed by atoms with E-state index in [2.05, 4.69) is 15.1 Å². The summed E-state index contributed by atoms with van der Waals surface area (Å²) in [5.41, 5.74) is 0.667. The van der Waals surface area contributed by atoms with Gasteiger partial charge in [-0.2, -0.15) is 5.10 Å². The number of likely N-dealkylation sites (N-methyl/N-ethyl adjacent to an activating group) is 2. The van der Waals surface area contributed by atoms with Crippen LogP contribution < -0.4 is 15.3 Å². The molecule has 2 rings (SSSR count). The Morgan fingerprint density at radius 2 is 1.93 bits per heavy atom. The summed E-state index contributed by atoms with van der Waals surface area (Å²) in [5.74, 6) is 6.00. The SMILES string of the molecule is CN(C)C(=O)CN=C/C(=N\N)c1ncc(OCC(=O)N(C)C)cc1OC1CC1. The molecule has 1 aliphatic rings. The summed E-state index contributed by atoms with van der Waals surface area (Å²) in [7, 11) is 6.61. The van der Waals surface area contributed by atoms with E-state index in [0.29, 0.717) is 17.2 Å². The number of rotatable bonds is 9. The van der Waals surface area contributed by atoms with Crippen molar-refractivity contribution in [1.29, 1.82) is 0 Å². The van der Waals surface area contributed by atoms with Crippen molar-refractivity contribution in [3.63, 3.8) is 0 Å². The average Bonchev–Trinajstić information content (AvgIpc) is 3.47. The van der Waals surface area contributed by atoms with Crippen LogP contribution in [0.4, 0.5) is 0 Å². The summed E-state index contributed by atoms with van der Waals surface area (Å²) in [6.07, 6.45) is 4.85. The maximum Gasteiger partial charge on any atom is 0.259 e. The molecule has 0 atom stereocenters. The van der Waals surface area contributed by atoms with Crippen LogP contribution >= 0.6 is 0 Å². The third-order valence-corrected chi connectivity index (χ3v) is 3.83. The first-order chi connectivity index (χ1) is 13.3. The molecule has 1 aliphatic carbocycles. The van der Waals surface area contributed by atoms with Gasteiger partial charge >= 0.3 is 0 Å². The van der Waals surface area contributed by atoms with Crippen LogP contribution in [0, 0.1) is 0 Å². The fourth-order valence-electron chi connectivity index (χ4n) is 1.93. The van der Waals surface area contributed by atoms with Gasteiger partial charge in [0.2, 0.25) is 5.91 Å². The molecule has 10 heteroatoms. The van der Waals surface area contributed by atoms with Crippen LogP contribution in [-0.4, -0.2) is 86.0 Å². The molecule has 28 heavy (non-hydrogen) atoms. The van der Waals surface area contributed by atoms with Crippen LogP contribution in [-0.2, 0) is 9.59 Å². The van der Waals surface area contributed by atoms with E-state index in [0.717, 1.165) is 12.8 Å². The lowest BCUT2D eigenvalue weighted by atomic mass is 10.2. The second-order valence-electron chi connectivity index (χ2n) is 6.68. The second-order valence-corrected chi connectivity index (χ2v) is 6.68. The highest BCUT2D eigenvalue weighted by molar-refractivity contribution is 6.38. The minimum absolute atomic E-state index is 0.0291. The van der Waals surface area contributed by atoms with Crippen molar-refractivity contribution < 1.29 is 19.1 Å². The molecular formula is C18H26N6O4. The van der Waals surface area contributed by atoms with Crippen LogP contribution in [0.5, 0.6) is 11.5 Å². The first-order valence-electron chi connectivity index (χ1n) is 8.79. The molecule has 0 aromatic carbocycles. The Bertz CT molecular complexity index is 771. The molecule has 0 unspecified atom stereocenters. The number of nitrogens with two attached hydrogens (primary N) is 1. The van der Waals surface area contributed by atoms with Gasteiger partial charge in [0.05, 0.1) is 18.5 Å². The van der Waals surface area contributed by atoms with Gasteiger partial charge in [-0.25, -0.2) is 4.98 Å². The van der Waals surface area contributed by atoms with Gasteiger partial charge in [0, 0.05) is 34.3 Å².